The molecule has 3 rings (SSSR count). The van der Waals surface area contributed by atoms with Crippen LogP contribution in [0.1, 0.15) is 22.9 Å². The van der Waals surface area contributed by atoms with Gasteiger partial charge >= 0.3 is 0 Å². The van der Waals surface area contributed by atoms with E-state index in [0.29, 0.717) is 11.6 Å². The van der Waals surface area contributed by atoms with Crippen LogP contribution in [0.15, 0.2) is 41.9 Å². The fourth-order valence-corrected chi connectivity index (χ4v) is 3.94. The Hall–Kier alpha value is -1.66. The zero-order valence-corrected chi connectivity index (χ0v) is 15.9. The van der Waals surface area contributed by atoms with Crippen LogP contribution in [0.4, 0.5) is 0 Å². The highest BCUT2D eigenvalue weighted by Gasteiger charge is 2.16. The lowest BCUT2D eigenvalue weighted by Gasteiger charge is -2.23. The monoisotopic (exact) mass is 375 g/mol. The maximum absolute atomic E-state index is 9.89. The molecule has 1 atom stereocenters. The Labute approximate surface area is 157 Å². The highest BCUT2D eigenvalue weighted by Crippen LogP contribution is 2.25. The lowest BCUT2D eigenvalue weighted by atomic mass is 10.1. The molecule has 1 unspecified atom stereocenters. The lowest BCUT2D eigenvalue weighted by molar-refractivity contribution is 0.119. The van der Waals surface area contributed by atoms with Gasteiger partial charge in [0.2, 0.25) is 0 Å². The van der Waals surface area contributed by atoms with Gasteiger partial charge in [0.1, 0.15) is 0 Å². The number of benzene rings is 1. The largest absolute Gasteiger partial charge is 0.392 e. The number of aromatic nitrogens is 2. The number of aliphatic hydroxyl groups is 1. The lowest BCUT2D eigenvalue weighted by Crippen LogP contribution is -2.30. The summed E-state index contributed by atoms with van der Waals surface area (Å²) in [5, 5.41) is 20.0. The Kier molecular flexibility index (Phi) is 5.91. The second-order valence-corrected chi connectivity index (χ2v) is 7.76. The summed E-state index contributed by atoms with van der Waals surface area (Å²) in [6.45, 7) is 6.10. The van der Waals surface area contributed by atoms with E-state index >= 15 is 0 Å². The van der Waals surface area contributed by atoms with E-state index in [0.717, 1.165) is 29.9 Å². The maximum Gasteiger partial charge on any atom is 0.0695 e. The van der Waals surface area contributed by atoms with Gasteiger partial charge in [-0.2, -0.15) is 5.10 Å². The zero-order valence-electron chi connectivity index (χ0n) is 14.4. The van der Waals surface area contributed by atoms with Gasteiger partial charge in [-0.25, -0.2) is 0 Å². The number of aryl methyl sites for hydroxylation is 1. The van der Waals surface area contributed by atoms with Gasteiger partial charge < -0.3 is 5.11 Å². The fourth-order valence-electron chi connectivity index (χ4n) is 2.87. The van der Waals surface area contributed by atoms with Crippen LogP contribution in [0.5, 0.6) is 0 Å². The minimum atomic E-state index is -0.383. The summed E-state index contributed by atoms with van der Waals surface area (Å²) in [5.41, 5.74) is 4.46. The SMILES string of the molecule is Cc1ccsc1CN(Cc1cn[nH]c1-c1ccc(Cl)cc1)CC(C)O. The van der Waals surface area contributed by atoms with Crippen molar-refractivity contribution in [1.82, 2.24) is 15.1 Å². The third-order valence-electron chi connectivity index (χ3n) is 4.10. The van der Waals surface area contributed by atoms with Crippen LogP contribution in [0.3, 0.4) is 0 Å². The molecule has 1 aromatic carbocycles. The van der Waals surface area contributed by atoms with Crippen molar-refractivity contribution in [3.8, 4) is 11.3 Å². The summed E-state index contributed by atoms with van der Waals surface area (Å²) < 4.78 is 0. The molecule has 25 heavy (non-hydrogen) atoms. The molecule has 132 valence electrons. The van der Waals surface area contributed by atoms with Gasteiger partial charge in [0.25, 0.3) is 0 Å². The van der Waals surface area contributed by atoms with Crippen molar-refractivity contribution >= 4 is 22.9 Å². The van der Waals surface area contributed by atoms with E-state index in [4.69, 9.17) is 11.6 Å². The van der Waals surface area contributed by atoms with Gasteiger partial charge in [0.05, 0.1) is 18.0 Å². The summed E-state index contributed by atoms with van der Waals surface area (Å²) in [5.74, 6) is 0. The number of rotatable bonds is 7. The summed E-state index contributed by atoms with van der Waals surface area (Å²) >= 11 is 7.75. The second-order valence-electron chi connectivity index (χ2n) is 6.32. The molecule has 0 saturated carbocycles. The molecular formula is C19H22ClN3OS. The topological polar surface area (TPSA) is 52.2 Å². The number of aliphatic hydroxyl groups excluding tert-OH is 1. The van der Waals surface area contributed by atoms with Crippen LogP contribution in [0.2, 0.25) is 5.02 Å². The molecule has 0 bridgehead atoms. The van der Waals surface area contributed by atoms with Gasteiger partial charge in [0, 0.05) is 35.1 Å². The van der Waals surface area contributed by atoms with E-state index in [9.17, 15) is 5.11 Å². The molecule has 0 aliphatic rings. The molecule has 0 aliphatic carbocycles. The molecule has 0 radical (unpaired) electrons. The molecule has 2 N–H and O–H groups in total. The first-order chi connectivity index (χ1) is 12.0. The third kappa shape index (κ3) is 4.70. The number of thiophene rings is 1. The van der Waals surface area contributed by atoms with Crippen LogP contribution in [0, 0.1) is 6.92 Å². The first-order valence-electron chi connectivity index (χ1n) is 8.24. The molecule has 0 aliphatic heterocycles. The first-order valence-corrected chi connectivity index (χ1v) is 9.50. The van der Waals surface area contributed by atoms with Gasteiger partial charge in [-0.1, -0.05) is 23.7 Å². The smallest absolute Gasteiger partial charge is 0.0695 e. The van der Waals surface area contributed by atoms with Crippen molar-refractivity contribution in [2.24, 2.45) is 0 Å². The standard InChI is InChI=1S/C19H22ClN3OS/c1-13-7-8-25-18(13)12-23(10-14(2)24)11-16-9-21-22-19(16)15-3-5-17(20)6-4-15/h3-9,14,24H,10-12H2,1-2H3,(H,21,22). The maximum atomic E-state index is 9.89. The number of hydrogen-bond acceptors (Lipinski definition) is 4. The molecular weight excluding hydrogens is 354 g/mol. The van der Waals surface area contributed by atoms with Gasteiger partial charge in [-0.15, -0.1) is 11.3 Å². The van der Waals surface area contributed by atoms with E-state index in [2.05, 4.69) is 33.5 Å². The van der Waals surface area contributed by atoms with Crippen LogP contribution in [0.25, 0.3) is 11.3 Å². The molecule has 2 aromatic heterocycles. The van der Waals surface area contributed by atoms with Gasteiger partial charge in [-0.05, 0) is 48.6 Å². The van der Waals surface area contributed by atoms with E-state index in [1.165, 1.54) is 10.4 Å². The Morgan fingerprint density at radius 2 is 2.00 bits per heavy atom. The minimum absolute atomic E-state index is 0.383. The average molecular weight is 376 g/mol. The third-order valence-corrected chi connectivity index (χ3v) is 5.36. The predicted molar refractivity (Wildman–Crippen MR) is 104 cm³/mol. The number of halogens is 1. The van der Waals surface area contributed by atoms with Crippen molar-refractivity contribution in [1.29, 1.82) is 0 Å². The minimum Gasteiger partial charge on any atom is -0.392 e. The van der Waals surface area contributed by atoms with Crippen molar-refractivity contribution in [2.75, 3.05) is 6.54 Å². The van der Waals surface area contributed by atoms with E-state index in [1.54, 1.807) is 11.3 Å². The zero-order chi connectivity index (χ0) is 17.8. The van der Waals surface area contributed by atoms with Crippen molar-refractivity contribution in [3.05, 3.63) is 62.9 Å². The number of aromatic amines is 1. The summed E-state index contributed by atoms with van der Waals surface area (Å²) in [4.78, 5) is 3.59. The first kappa shape index (κ1) is 18.1. The number of nitrogens with zero attached hydrogens (tertiary/aromatic N) is 2. The van der Waals surface area contributed by atoms with Gasteiger partial charge in [0.15, 0.2) is 0 Å². The Morgan fingerprint density at radius 3 is 2.64 bits per heavy atom. The molecule has 2 heterocycles. The fraction of sp³-hybridized carbons (Fsp3) is 0.316. The van der Waals surface area contributed by atoms with Crippen LogP contribution in [-0.2, 0) is 13.1 Å². The summed E-state index contributed by atoms with van der Waals surface area (Å²) in [6.07, 6.45) is 1.48. The molecule has 0 amide bonds. The van der Waals surface area contributed by atoms with E-state index in [1.807, 2.05) is 37.4 Å². The second kappa shape index (κ2) is 8.15. The van der Waals surface area contributed by atoms with Crippen LogP contribution in [-0.4, -0.2) is 32.9 Å². The molecule has 3 aromatic rings. The number of hydrogen-bond donors (Lipinski definition) is 2. The highest BCUT2D eigenvalue weighted by atomic mass is 35.5. The van der Waals surface area contributed by atoms with Crippen LogP contribution >= 0.6 is 22.9 Å². The summed E-state index contributed by atoms with van der Waals surface area (Å²) in [7, 11) is 0. The Morgan fingerprint density at radius 1 is 1.24 bits per heavy atom. The van der Waals surface area contributed by atoms with E-state index < -0.39 is 0 Å². The number of nitrogens with one attached hydrogen (secondary N) is 1. The number of H-pyrrole nitrogens is 1. The van der Waals surface area contributed by atoms with E-state index in [-0.39, 0.29) is 6.10 Å². The molecule has 0 fully saturated rings. The summed E-state index contributed by atoms with van der Waals surface area (Å²) in [6, 6.07) is 9.87. The normalized spacial score (nSPS) is 12.7. The Balaban J connectivity index is 1.81. The highest BCUT2D eigenvalue weighted by molar-refractivity contribution is 7.10. The Bertz CT molecular complexity index is 810. The average Bonchev–Trinajstić information content (AvgIpc) is 3.17. The van der Waals surface area contributed by atoms with Crippen molar-refractivity contribution in [3.63, 3.8) is 0 Å². The van der Waals surface area contributed by atoms with Crippen molar-refractivity contribution < 1.29 is 5.11 Å². The van der Waals surface area contributed by atoms with Gasteiger partial charge in [-0.3, -0.25) is 10.00 Å². The van der Waals surface area contributed by atoms with Crippen molar-refractivity contribution in [2.45, 2.75) is 33.0 Å². The molecule has 4 nitrogen and oxygen atoms in total. The molecule has 0 spiro atoms. The molecule has 6 heteroatoms. The quantitative estimate of drug-likeness (QED) is 0.640. The van der Waals surface area contributed by atoms with Crippen LogP contribution < -0.4 is 0 Å². The molecule has 0 saturated heterocycles. The predicted octanol–water partition coefficient (Wildman–Crippen LogP) is 4.48.